The number of fused-ring (bicyclic) bond motifs is 1. The van der Waals surface area contributed by atoms with Crippen molar-refractivity contribution in [3.8, 4) is 11.4 Å². The fraction of sp³-hybridized carbons (Fsp3) is 0.0500. The van der Waals surface area contributed by atoms with E-state index in [0.717, 1.165) is 16.5 Å². The van der Waals surface area contributed by atoms with Crippen molar-refractivity contribution in [2.24, 2.45) is 5.10 Å². The number of nitrogens with one attached hydrogen (secondary N) is 1. The molecule has 1 amide bonds. The molecule has 8 nitrogen and oxygen atoms in total. The topological polar surface area (TPSA) is 105 Å². The van der Waals surface area contributed by atoms with Crippen LogP contribution in [0.15, 0.2) is 77.0 Å². The van der Waals surface area contributed by atoms with Crippen LogP contribution < -0.4 is 5.43 Å². The molecule has 2 N–H and O–H groups in total. The van der Waals surface area contributed by atoms with Crippen molar-refractivity contribution >= 4 is 34.7 Å². The van der Waals surface area contributed by atoms with Crippen LogP contribution in [0.1, 0.15) is 5.56 Å². The lowest BCUT2D eigenvalue weighted by Gasteiger charge is -2.05. The van der Waals surface area contributed by atoms with E-state index < -0.39 is 0 Å². The van der Waals surface area contributed by atoms with Gasteiger partial charge >= 0.3 is 0 Å². The first-order valence-corrected chi connectivity index (χ1v) is 9.70. The van der Waals surface area contributed by atoms with E-state index in [9.17, 15) is 9.90 Å². The minimum Gasteiger partial charge on any atom is -0.507 e. The summed E-state index contributed by atoms with van der Waals surface area (Å²) in [5.74, 6) is -0.127. The van der Waals surface area contributed by atoms with Crippen molar-refractivity contribution in [1.82, 2.24) is 25.6 Å². The van der Waals surface area contributed by atoms with Gasteiger partial charge in [0.25, 0.3) is 5.91 Å². The highest BCUT2D eigenvalue weighted by molar-refractivity contribution is 7.99. The third-order valence-electron chi connectivity index (χ3n) is 4.10. The maximum Gasteiger partial charge on any atom is 0.250 e. The second-order valence-corrected chi connectivity index (χ2v) is 6.95. The zero-order valence-electron chi connectivity index (χ0n) is 15.1. The average molecular weight is 404 g/mol. The van der Waals surface area contributed by atoms with E-state index in [1.54, 1.807) is 10.7 Å². The van der Waals surface area contributed by atoms with Crippen LogP contribution >= 0.6 is 11.8 Å². The van der Waals surface area contributed by atoms with Gasteiger partial charge in [-0.2, -0.15) is 9.78 Å². The Morgan fingerprint density at radius 2 is 1.90 bits per heavy atom. The molecule has 0 saturated carbocycles. The highest BCUT2D eigenvalue weighted by Crippen LogP contribution is 2.25. The molecule has 0 aliphatic rings. The van der Waals surface area contributed by atoms with Crippen LogP contribution in [0.3, 0.4) is 0 Å². The Labute approximate surface area is 170 Å². The van der Waals surface area contributed by atoms with Gasteiger partial charge in [-0.15, -0.1) is 5.10 Å². The monoisotopic (exact) mass is 404 g/mol. The molecular formula is C20H16N6O2S. The highest BCUT2D eigenvalue weighted by Gasteiger charge is 2.11. The Balaban J connectivity index is 1.40. The molecule has 0 fully saturated rings. The average Bonchev–Trinajstić information content (AvgIpc) is 3.23. The van der Waals surface area contributed by atoms with Gasteiger partial charge < -0.3 is 5.11 Å². The molecule has 0 bridgehead atoms. The minimum absolute atomic E-state index is 0.0894. The molecule has 1 heterocycles. The molecule has 0 aliphatic carbocycles. The Hall–Kier alpha value is -3.72. The summed E-state index contributed by atoms with van der Waals surface area (Å²) >= 11 is 1.20. The van der Waals surface area contributed by atoms with Gasteiger partial charge in [0.05, 0.1) is 17.7 Å². The maximum absolute atomic E-state index is 12.1. The zero-order valence-corrected chi connectivity index (χ0v) is 16.0. The van der Waals surface area contributed by atoms with Crippen LogP contribution in [-0.4, -0.2) is 43.2 Å². The van der Waals surface area contributed by atoms with Gasteiger partial charge in [0.2, 0.25) is 5.16 Å². The van der Waals surface area contributed by atoms with Crippen LogP contribution in [0.5, 0.6) is 5.75 Å². The van der Waals surface area contributed by atoms with Gasteiger partial charge in [0.1, 0.15) is 5.75 Å². The van der Waals surface area contributed by atoms with Gasteiger partial charge in [-0.3, -0.25) is 4.79 Å². The van der Waals surface area contributed by atoms with Gasteiger partial charge in [0.15, 0.2) is 0 Å². The summed E-state index contributed by atoms with van der Waals surface area (Å²) in [6.45, 7) is 0. The number of aromatic hydroxyl groups is 1. The summed E-state index contributed by atoms with van der Waals surface area (Å²) in [7, 11) is 0. The molecule has 29 heavy (non-hydrogen) atoms. The largest absolute Gasteiger partial charge is 0.507 e. The second kappa shape index (κ2) is 8.53. The first-order chi connectivity index (χ1) is 14.2. The van der Waals surface area contributed by atoms with Crippen molar-refractivity contribution in [2.45, 2.75) is 5.16 Å². The summed E-state index contributed by atoms with van der Waals surface area (Å²) in [6.07, 6.45) is 1.44. The first-order valence-electron chi connectivity index (χ1n) is 8.71. The number of hydrazone groups is 1. The molecule has 0 spiro atoms. The highest BCUT2D eigenvalue weighted by atomic mass is 32.2. The molecule has 144 valence electrons. The maximum atomic E-state index is 12.1. The van der Waals surface area contributed by atoms with Gasteiger partial charge in [-0.1, -0.05) is 60.3 Å². The summed E-state index contributed by atoms with van der Waals surface area (Å²) < 4.78 is 1.56. The zero-order chi connectivity index (χ0) is 20.1. The molecular weight excluding hydrogens is 388 g/mol. The Kier molecular flexibility index (Phi) is 5.48. The Morgan fingerprint density at radius 3 is 2.76 bits per heavy atom. The number of thioether (sulfide) groups is 1. The van der Waals surface area contributed by atoms with E-state index in [4.69, 9.17) is 0 Å². The molecule has 0 saturated heterocycles. The number of nitrogens with zero attached hydrogens (tertiary/aromatic N) is 5. The lowest BCUT2D eigenvalue weighted by atomic mass is 10.0. The predicted molar refractivity (Wildman–Crippen MR) is 111 cm³/mol. The molecule has 4 rings (SSSR count). The molecule has 0 atom stereocenters. The number of carbonyl (C=O) groups excluding carboxylic acids is 1. The lowest BCUT2D eigenvalue weighted by molar-refractivity contribution is -0.118. The van der Waals surface area contributed by atoms with Crippen LogP contribution in [-0.2, 0) is 4.79 Å². The molecule has 0 unspecified atom stereocenters. The standard InChI is InChI=1S/C20H16N6O2S/c27-18-11-10-14-6-4-5-9-16(14)17(18)12-21-22-19(28)13-29-20-23-24-25-26(20)15-7-2-1-3-8-15/h1-12,27H,13H2,(H,22,28). The fourth-order valence-electron chi connectivity index (χ4n) is 2.75. The predicted octanol–water partition coefficient (Wildman–Crippen LogP) is 2.76. The number of phenolic OH excluding ortho intramolecular Hbond substituents is 1. The quantitative estimate of drug-likeness (QED) is 0.291. The van der Waals surface area contributed by atoms with E-state index >= 15 is 0 Å². The Morgan fingerprint density at radius 1 is 1.10 bits per heavy atom. The molecule has 9 heteroatoms. The third kappa shape index (κ3) is 4.25. The van der Waals surface area contributed by atoms with Gasteiger partial charge in [0, 0.05) is 5.56 Å². The molecule has 4 aromatic rings. The van der Waals surface area contributed by atoms with E-state index in [1.807, 2.05) is 60.7 Å². The van der Waals surface area contributed by atoms with Crippen molar-refractivity contribution in [2.75, 3.05) is 5.75 Å². The number of hydrogen-bond donors (Lipinski definition) is 2. The number of aromatic nitrogens is 4. The smallest absolute Gasteiger partial charge is 0.250 e. The fourth-order valence-corrected chi connectivity index (χ4v) is 3.43. The number of hydrogen-bond acceptors (Lipinski definition) is 7. The molecule has 3 aromatic carbocycles. The molecule has 0 radical (unpaired) electrons. The van der Waals surface area contributed by atoms with Gasteiger partial charge in [-0.05, 0) is 39.4 Å². The van der Waals surface area contributed by atoms with Crippen molar-refractivity contribution in [1.29, 1.82) is 0 Å². The third-order valence-corrected chi connectivity index (χ3v) is 5.02. The van der Waals surface area contributed by atoms with E-state index in [1.165, 1.54) is 18.0 Å². The summed E-state index contributed by atoms with van der Waals surface area (Å²) in [6, 6.07) is 20.5. The number of rotatable bonds is 6. The second-order valence-electron chi connectivity index (χ2n) is 6.01. The minimum atomic E-state index is -0.311. The van der Waals surface area contributed by atoms with E-state index in [2.05, 4.69) is 26.1 Å². The van der Waals surface area contributed by atoms with Crippen molar-refractivity contribution in [3.63, 3.8) is 0 Å². The van der Waals surface area contributed by atoms with E-state index in [-0.39, 0.29) is 17.4 Å². The van der Waals surface area contributed by atoms with Crippen molar-refractivity contribution in [3.05, 3.63) is 72.3 Å². The summed E-state index contributed by atoms with van der Waals surface area (Å²) in [4.78, 5) is 12.1. The lowest BCUT2D eigenvalue weighted by Crippen LogP contribution is -2.20. The summed E-state index contributed by atoms with van der Waals surface area (Å²) in [5, 5.41) is 28.0. The first kappa shape index (κ1) is 18.6. The number of benzene rings is 3. The SMILES string of the molecule is O=C(CSc1nnnn1-c1ccccc1)NN=Cc1c(O)ccc2ccccc12. The number of para-hydroxylation sites is 1. The summed E-state index contributed by atoms with van der Waals surface area (Å²) in [5.41, 5.74) is 3.82. The number of phenols is 1. The normalized spacial score (nSPS) is 11.2. The molecule has 1 aromatic heterocycles. The number of carbonyl (C=O) groups is 1. The Bertz CT molecular complexity index is 1180. The van der Waals surface area contributed by atoms with Crippen molar-refractivity contribution < 1.29 is 9.90 Å². The van der Waals surface area contributed by atoms with Crippen LogP contribution in [0.25, 0.3) is 16.5 Å². The number of amides is 1. The van der Waals surface area contributed by atoms with Gasteiger partial charge in [-0.25, -0.2) is 5.43 Å². The van der Waals surface area contributed by atoms with Crippen LogP contribution in [0.4, 0.5) is 0 Å². The van der Waals surface area contributed by atoms with Crippen LogP contribution in [0, 0.1) is 0 Å². The molecule has 0 aliphatic heterocycles. The number of tetrazole rings is 1. The van der Waals surface area contributed by atoms with E-state index in [0.29, 0.717) is 10.7 Å². The van der Waals surface area contributed by atoms with Crippen LogP contribution in [0.2, 0.25) is 0 Å².